The molecule has 4 heterocycles. The Morgan fingerprint density at radius 2 is 1.88 bits per heavy atom. The minimum absolute atomic E-state index is 0.0498. The lowest BCUT2D eigenvalue weighted by Gasteiger charge is -2.22. The third-order valence-electron chi connectivity index (χ3n) is 7.14. The van der Waals surface area contributed by atoms with Crippen LogP contribution in [0.3, 0.4) is 0 Å². The molecule has 1 unspecified atom stereocenters. The number of aliphatic hydroxyl groups excluding tert-OH is 1. The summed E-state index contributed by atoms with van der Waals surface area (Å²) in [7, 11) is 0. The molecule has 0 fully saturated rings. The zero-order chi connectivity index (χ0) is 30.0. The molecular weight excluding hydrogens is 561 g/mol. The molecule has 1 N–H and O–H groups in total. The normalized spacial score (nSPS) is 14.1. The highest BCUT2D eigenvalue weighted by molar-refractivity contribution is 6.33. The Morgan fingerprint density at radius 1 is 1.07 bits per heavy atom. The fourth-order valence-corrected chi connectivity index (χ4v) is 5.24. The summed E-state index contributed by atoms with van der Waals surface area (Å²) in [5, 5.41) is 14.8. The average Bonchev–Trinajstić information content (AvgIpc) is 3.53. The quantitative estimate of drug-likeness (QED) is 0.206. The Balaban J connectivity index is 1.55. The summed E-state index contributed by atoms with van der Waals surface area (Å²) in [6, 6.07) is 9.02. The second kappa shape index (κ2) is 12.6. The van der Waals surface area contributed by atoms with Crippen molar-refractivity contribution in [3.8, 4) is 34.3 Å². The van der Waals surface area contributed by atoms with Gasteiger partial charge in [0.1, 0.15) is 36.7 Å². The summed E-state index contributed by atoms with van der Waals surface area (Å²) in [4.78, 5) is 16.7. The van der Waals surface area contributed by atoms with Crippen LogP contribution in [0.25, 0.3) is 22.6 Å². The number of pyridine rings is 1. The third-order valence-corrected chi connectivity index (χ3v) is 7.47. The molecule has 0 amide bonds. The number of aromatic nitrogens is 4. The summed E-state index contributed by atoms with van der Waals surface area (Å²) in [6.45, 7) is 10.4. The number of fused-ring (bicyclic) bond motifs is 1. The minimum atomic E-state index is -1.08. The molecule has 0 saturated heterocycles. The highest BCUT2D eigenvalue weighted by atomic mass is 35.5. The third kappa shape index (κ3) is 6.34. The molecule has 0 radical (unpaired) electrons. The highest BCUT2D eigenvalue weighted by Crippen LogP contribution is 2.39. The zero-order valence-electron chi connectivity index (χ0n) is 24.4. The second-order valence-electron chi connectivity index (χ2n) is 10.6. The molecular formula is C31H35ClFN5O4. The van der Waals surface area contributed by atoms with Gasteiger partial charge in [0.25, 0.3) is 0 Å². The summed E-state index contributed by atoms with van der Waals surface area (Å²) in [6.07, 6.45) is -0.124. The lowest BCUT2D eigenvalue weighted by molar-refractivity contribution is 0.0994. The Kier molecular flexibility index (Phi) is 8.93. The van der Waals surface area contributed by atoms with E-state index in [-0.39, 0.29) is 13.2 Å². The zero-order valence-corrected chi connectivity index (χ0v) is 25.2. The van der Waals surface area contributed by atoms with Gasteiger partial charge in [-0.3, -0.25) is 0 Å². The van der Waals surface area contributed by atoms with Gasteiger partial charge >= 0.3 is 0 Å². The topological polar surface area (TPSA) is 107 Å². The summed E-state index contributed by atoms with van der Waals surface area (Å²) >= 11 is 6.70. The first kappa shape index (κ1) is 29.7. The van der Waals surface area contributed by atoms with Crippen molar-refractivity contribution in [2.45, 2.75) is 72.8 Å². The van der Waals surface area contributed by atoms with Crippen LogP contribution in [0.1, 0.15) is 55.0 Å². The van der Waals surface area contributed by atoms with Gasteiger partial charge in [-0.05, 0) is 63.9 Å². The Labute approximate surface area is 249 Å². The van der Waals surface area contributed by atoms with Crippen LogP contribution >= 0.6 is 11.6 Å². The maximum atomic E-state index is 13.3. The van der Waals surface area contributed by atoms with Crippen molar-refractivity contribution in [2.75, 3.05) is 18.1 Å². The predicted octanol–water partition coefficient (Wildman–Crippen LogP) is 6.57. The van der Waals surface area contributed by atoms with Crippen molar-refractivity contribution in [3.05, 3.63) is 63.6 Å². The molecule has 0 spiro atoms. The van der Waals surface area contributed by atoms with Crippen LogP contribution < -0.4 is 14.4 Å². The second-order valence-corrected chi connectivity index (χ2v) is 11.0. The van der Waals surface area contributed by atoms with Crippen LogP contribution in [-0.4, -0.2) is 50.7 Å². The lowest BCUT2D eigenvalue weighted by atomic mass is 10.0. The molecule has 0 aliphatic carbocycles. The molecule has 4 aromatic rings. The number of nitrogens with zero attached hydrogens (tertiary/aromatic N) is 5. The molecule has 0 bridgehead atoms. The first-order valence-corrected chi connectivity index (χ1v) is 14.5. The number of rotatable bonds is 11. The smallest absolute Gasteiger partial charge is 0.213 e. The monoisotopic (exact) mass is 595 g/mol. The van der Waals surface area contributed by atoms with Crippen molar-refractivity contribution in [1.29, 1.82) is 0 Å². The molecule has 3 aromatic heterocycles. The number of anilines is 1. The van der Waals surface area contributed by atoms with Crippen LogP contribution in [0.4, 0.5) is 10.2 Å². The first-order valence-electron chi connectivity index (χ1n) is 14.1. The van der Waals surface area contributed by atoms with E-state index in [4.69, 9.17) is 35.6 Å². The minimum Gasteiger partial charge on any atom is -0.491 e. The lowest BCUT2D eigenvalue weighted by Crippen LogP contribution is -2.19. The molecule has 5 rings (SSSR count). The van der Waals surface area contributed by atoms with Gasteiger partial charge in [0, 0.05) is 23.7 Å². The van der Waals surface area contributed by atoms with E-state index in [9.17, 15) is 9.50 Å². The van der Waals surface area contributed by atoms with Crippen molar-refractivity contribution in [2.24, 2.45) is 0 Å². The van der Waals surface area contributed by atoms with E-state index >= 15 is 0 Å². The van der Waals surface area contributed by atoms with Crippen LogP contribution in [0.15, 0.2) is 34.9 Å². The van der Waals surface area contributed by atoms with Gasteiger partial charge in [0.05, 0.1) is 40.3 Å². The molecule has 0 saturated carbocycles. The number of benzene rings is 1. The Morgan fingerprint density at radius 3 is 2.60 bits per heavy atom. The fourth-order valence-electron chi connectivity index (χ4n) is 5.04. The summed E-state index contributed by atoms with van der Waals surface area (Å²) in [5.41, 5.74) is 5.54. The van der Waals surface area contributed by atoms with E-state index in [0.29, 0.717) is 64.8 Å². The number of hydrogen-bond donors (Lipinski definition) is 1. The van der Waals surface area contributed by atoms with Crippen LogP contribution in [0.2, 0.25) is 5.02 Å². The van der Waals surface area contributed by atoms with Crippen LogP contribution in [0.5, 0.6) is 11.6 Å². The van der Waals surface area contributed by atoms with Crippen molar-refractivity contribution < 1.29 is 23.5 Å². The first-order chi connectivity index (χ1) is 20.1. The van der Waals surface area contributed by atoms with E-state index in [1.807, 2.05) is 33.8 Å². The van der Waals surface area contributed by atoms with E-state index < -0.39 is 12.3 Å². The van der Waals surface area contributed by atoms with Gasteiger partial charge in [0.2, 0.25) is 5.88 Å². The molecule has 2 atom stereocenters. The van der Waals surface area contributed by atoms with Crippen molar-refractivity contribution in [1.82, 2.24) is 20.1 Å². The van der Waals surface area contributed by atoms with Gasteiger partial charge in [-0.2, -0.15) is 0 Å². The maximum Gasteiger partial charge on any atom is 0.213 e. The highest BCUT2D eigenvalue weighted by Gasteiger charge is 2.28. The van der Waals surface area contributed by atoms with E-state index in [0.717, 1.165) is 34.5 Å². The SMILES string of the molecule is CCC[C@@H](O)COc1ccc(Cl)c(-c2nc(-c3c(C)noc3C)c(C)c(N3Cc4ccc(OCC(C)F)nc4C3)n2)c1. The number of halogens is 2. The van der Waals surface area contributed by atoms with E-state index in [1.165, 1.54) is 6.92 Å². The van der Waals surface area contributed by atoms with Gasteiger partial charge in [-0.15, -0.1) is 0 Å². The maximum absolute atomic E-state index is 13.3. The summed E-state index contributed by atoms with van der Waals surface area (Å²) in [5.74, 6) is 2.73. The predicted molar refractivity (Wildman–Crippen MR) is 159 cm³/mol. The molecule has 11 heteroatoms. The van der Waals surface area contributed by atoms with Gasteiger partial charge in [0.15, 0.2) is 5.82 Å². The van der Waals surface area contributed by atoms with Crippen LogP contribution in [-0.2, 0) is 13.1 Å². The number of aryl methyl sites for hydroxylation is 2. The number of aliphatic hydroxyl groups is 1. The van der Waals surface area contributed by atoms with Gasteiger partial charge in [-0.1, -0.05) is 30.1 Å². The molecule has 1 aromatic carbocycles. The molecule has 1 aliphatic heterocycles. The number of ether oxygens (including phenoxy) is 2. The molecule has 222 valence electrons. The molecule has 1 aliphatic rings. The van der Waals surface area contributed by atoms with E-state index in [1.54, 1.807) is 24.3 Å². The average molecular weight is 596 g/mol. The standard InChI is InChI=1S/C31H35ClFN5O4/c1-6-7-22(39)16-40-23-9-10-25(32)24(12-23)30-35-29(28-19(4)37-42-20(28)5)18(3)31(36-30)38-13-21-8-11-27(34-26(21)14-38)41-15-17(2)33/h8-12,17,22,39H,6-7,13-16H2,1-5H3/t17?,22-/m1/s1. The largest absolute Gasteiger partial charge is 0.491 e. The summed E-state index contributed by atoms with van der Waals surface area (Å²) < 4.78 is 30.2. The number of alkyl halides is 1. The van der Waals surface area contributed by atoms with Gasteiger partial charge in [-0.25, -0.2) is 19.3 Å². The Bertz CT molecular complexity index is 1560. The molecule has 42 heavy (non-hydrogen) atoms. The Hall–Kier alpha value is -3.76. The van der Waals surface area contributed by atoms with Gasteiger partial charge < -0.3 is 24.0 Å². The fraction of sp³-hybridized carbons (Fsp3) is 0.419. The number of hydrogen-bond acceptors (Lipinski definition) is 9. The van der Waals surface area contributed by atoms with E-state index in [2.05, 4.69) is 15.0 Å². The molecule has 9 nitrogen and oxygen atoms in total. The van der Waals surface area contributed by atoms with Crippen molar-refractivity contribution in [3.63, 3.8) is 0 Å². The van der Waals surface area contributed by atoms with Crippen LogP contribution in [0, 0.1) is 20.8 Å². The van der Waals surface area contributed by atoms with Crippen molar-refractivity contribution >= 4 is 17.4 Å².